The SMILES string of the molecule is CC(C)c1nnc2n1N1C(=CSC1c1ccc(Cl)cc1)S2. The highest BCUT2D eigenvalue weighted by Gasteiger charge is 2.39. The molecule has 0 fully saturated rings. The van der Waals surface area contributed by atoms with Crippen molar-refractivity contribution in [1.82, 2.24) is 14.9 Å². The van der Waals surface area contributed by atoms with Crippen LogP contribution in [-0.4, -0.2) is 14.9 Å². The smallest absolute Gasteiger partial charge is 0.216 e. The topological polar surface area (TPSA) is 34.0 Å². The zero-order valence-corrected chi connectivity index (χ0v) is 13.9. The second-order valence-corrected chi connectivity index (χ2v) is 7.63. The lowest BCUT2D eigenvalue weighted by atomic mass is 10.2. The van der Waals surface area contributed by atoms with Crippen LogP contribution in [0.2, 0.25) is 5.02 Å². The van der Waals surface area contributed by atoms with Gasteiger partial charge in [-0.15, -0.1) is 10.2 Å². The molecule has 0 radical (unpaired) electrons. The van der Waals surface area contributed by atoms with E-state index in [0.29, 0.717) is 5.92 Å². The summed E-state index contributed by atoms with van der Waals surface area (Å²) in [6.45, 7) is 4.29. The number of hydrogen-bond acceptors (Lipinski definition) is 5. The highest BCUT2D eigenvalue weighted by Crippen LogP contribution is 2.51. The van der Waals surface area contributed by atoms with Crippen LogP contribution in [0, 0.1) is 0 Å². The van der Waals surface area contributed by atoms with Crippen molar-refractivity contribution >= 4 is 35.1 Å². The van der Waals surface area contributed by atoms with Gasteiger partial charge in [0.15, 0.2) is 5.82 Å². The lowest BCUT2D eigenvalue weighted by Gasteiger charge is -2.26. The molecule has 2 aromatic rings. The minimum Gasteiger partial charge on any atom is -0.252 e. The molecule has 2 aliphatic heterocycles. The molecule has 108 valence electrons. The fraction of sp³-hybridized carbons (Fsp3) is 0.286. The van der Waals surface area contributed by atoms with Gasteiger partial charge in [0.1, 0.15) is 10.4 Å². The summed E-state index contributed by atoms with van der Waals surface area (Å²) in [4.78, 5) is 0. The van der Waals surface area contributed by atoms with Gasteiger partial charge in [0.2, 0.25) is 5.16 Å². The highest BCUT2D eigenvalue weighted by atomic mass is 35.5. The number of nitrogens with zero attached hydrogens (tertiary/aromatic N) is 4. The van der Waals surface area contributed by atoms with Crippen molar-refractivity contribution in [3.63, 3.8) is 0 Å². The minimum absolute atomic E-state index is 0.208. The van der Waals surface area contributed by atoms with E-state index in [-0.39, 0.29) is 5.37 Å². The lowest BCUT2D eigenvalue weighted by molar-refractivity contribution is 0.582. The third-order valence-electron chi connectivity index (χ3n) is 3.46. The molecule has 0 aliphatic carbocycles. The molecule has 4 nitrogen and oxygen atoms in total. The van der Waals surface area contributed by atoms with Crippen molar-refractivity contribution in [2.75, 3.05) is 5.01 Å². The van der Waals surface area contributed by atoms with E-state index in [1.807, 2.05) is 12.1 Å². The van der Waals surface area contributed by atoms with Crippen molar-refractivity contribution in [2.24, 2.45) is 0 Å². The van der Waals surface area contributed by atoms with Gasteiger partial charge in [0, 0.05) is 16.3 Å². The summed E-state index contributed by atoms with van der Waals surface area (Å²) in [5.41, 5.74) is 1.23. The predicted molar refractivity (Wildman–Crippen MR) is 88.1 cm³/mol. The quantitative estimate of drug-likeness (QED) is 0.814. The van der Waals surface area contributed by atoms with E-state index in [9.17, 15) is 0 Å². The van der Waals surface area contributed by atoms with Crippen molar-refractivity contribution in [3.05, 3.63) is 51.1 Å². The maximum Gasteiger partial charge on any atom is 0.216 e. The van der Waals surface area contributed by atoms with Gasteiger partial charge in [-0.1, -0.05) is 49.3 Å². The molecule has 1 unspecified atom stereocenters. The molecule has 0 saturated carbocycles. The van der Waals surface area contributed by atoms with Crippen molar-refractivity contribution in [1.29, 1.82) is 0 Å². The molecule has 1 aromatic heterocycles. The Kier molecular flexibility index (Phi) is 3.20. The van der Waals surface area contributed by atoms with Gasteiger partial charge < -0.3 is 0 Å². The van der Waals surface area contributed by atoms with Gasteiger partial charge in [-0.3, -0.25) is 5.01 Å². The van der Waals surface area contributed by atoms with Crippen LogP contribution in [0.1, 0.15) is 36.5 Å². The molecule has 4 rings (SSSR count). The molecule has 7 heteroatoms. The van der Waals surface area contributed by atoms with E-state index in [4.69, 9.17) is 11.6 Å². The van der Waals surface area contributed by atoms with E-state index in [2.05, 4.69) is 51.3 Å². The molecular formula is C14H13ClN4S2. The minimum atomic E-state index is 0.208. The van der Waals surface area contributed by atoms with Crippen LogP contribution in [0.15, 0.2) is 39.9 Å². The number of rotatable bonds is 2. The Morgan fingerprint density at radius 3 is 2.67 bits per heavy atom. The van der Waals surface area contributed by atoms with Gasteiger partial charge in [0.25, 0.3) is 0 Å². The second-order valence-electron chi connectivity index (χ2n) is 5.25. The molecule has 0 bridgehead atoms. The largest absolute Gasteiger partial charge is 0.252 e. The highest BCUT2D eigenvalue weighted by molar-refractivity contribution is 8.07. The Balaban J connectivity index is 1.77. The van der Waals surface area contributed by atoms with Crippen molar-refractivity contribution in [3.8, 4) is 0 Å². The second kappa shape index (κ2) is 4.97. The van der Waals surface area contributed by atoms with Gasteiger partial charge in [-0.25, -0.2) is 4.68 Å². The van der Waals surface area contributed by atoms with Crippen LogP contribution in [0.4, 0.5) is 0 Å². The molecule has 3 heterocycles. The monoisotopic (exact) mass is 336 g/mol. The Morgan fingerprint density at radius 1 is 1.19 bits per heavy atom. The normalized spacial score (nSPS) is 19.9. The van der Waals surface area contributed by atoms with Crippen molar-refractivity contribution in [2.45, 2.75) is 30.3 Å². The predicted octanol–water partition coefficient (Wildman–Crippen LogP) is 4.34. The first-order valence-corrected chi connectivity index (χ1v) is 8.82. The zero-order chi connectivity index (χ0) is 14.6. The zero-order valence-electron chi connectivity index (χ0n) is 11.5. The fourth-order valence-corrected chi connectivity index (χ4v) is 4.83. The van der Waals surface area contributed by atoms with Crippen LogP contribution in [-0.2, 0) is 0 Å². The van der Waals surface area contributed by atoms with Crippen LogP contribution >= 0.6 is 35.1 Å². The van der Waals surface area contributed by atoms with Crippen LogP contribution in [0.3, 0.4) is 0 Å². The molecule has 0 spiro atoms. The molecule has 0 saturated heterocycles. The molecule has 1 aromatic carbocycles. The van der Waals surface area contributed by atoms with Crippen LogP contribution in [0.5, 0.6) is 0 Å². The Bertz CT molecular complexity index is 723. The molecule has 1 atom stereocenters. The van der Waals surface area contributed by atoms with Gasteiger partial charge >= 0.3 is 0 Å². The van der Waals surface area contributed by atoms with E-state index < -0.39 is 0 Å². The Morgan fingerprint density at radius 2 is 1.95 bits per heavy atom. The first-order valence-electron chi connectivity index (χ1n) is 6.69. The van der Waals surface area contributed by atoms with Gasteiger partial charge in [-0.05, 0) is 29.5 Å². The van der Waals surface area contributed by atoms with E-state index in [0.717, 1.165) is 16.0 Å². The number of fused-ring (bicyclic) bond motifs is 3. The third kappa shape index (κ3) is 2.08. The lowest BCUT2D eigenvalue weighted by Crippen LogP contribution is -2.31. The average molecular weight is 337 g/mol. The summed E-state index contributed by atoms with van der Waals surface area (Å²) in [5, 5.41) is 16.3. The summed E-state index contributed by atoms with van der Waals surface area (Å²) in [7, 11) is 0. The van der Waals surface area contributed by atoms with E-state index in [1.54, 1.807) is 23.5 Å². The van der Waals surface area contributed by atoms with Gasteiger partial charge in [0.05, 0.1) is 0 Å². The number of benzene rings is 1. The molecule has 0 N–H and O–H groups in total. The summed E-state index contributed by atoms with van der Waals surface area (Å²) in [6.07, 6.45) is 0. The summed E-state index contributed by atoms with van der Waals surface area (Å²) in [5.74, 6) is 1.34. The van der Waals surface area contributed by atoms with E-state index in [1.165, 1.54) is 10.6 Å². The standard InChI is InChI=1S/C14H13ClN4S2/c1-8(2)12-16-17-14-19(12)18-11(21-14)7-20-13(18)9-3-5-10(15)6-4-9/h3-8,13H,1-2H3. The molecular weight excluding hydrogens is 324 g/mol. The number of thioether (sulfide) groups is 2. The van der Waals surface area contributed by atoms with E-state index >= 15 is 0 Å². The first kappa shape index (κ1) is 13.5. The summed E-state index contributed by atoms with van der Waals surface area (Å²) < 4.78 is 2.15. The maximum atomic E-state index is 6.00. The molecule has 2 aliphatic rings. The Labute approximate surface area is 136 Å². The fourth-order valence-electron chi connectivity index (χ4n) is 2.47. The van der Waals surface area contributed by atoms with Crippen LogP contribution < -0.4 is 5.01 Å². The van der Waals surface area contributed by atoms with Crippen LogP contribution in [0.25, 0.3) is 0 Å². The molecule has 0 amide bonds. The number of aromatic nitrogens is 3. The maximum absolute atomic E-state index is 6.00. The van der Waals surface area contributed by atoms with Gasteiger partial charge in [-0.2, -0.15) is 0 Å². The molecule has 21 heavy (non-hydrogen) atoms. The first-order chi connectivity index (χ1) is 10.1. The number of halogens is 1. The number of hydrogen-bond donors (Lipinski definition) is 0. The van der Waals surface area contributed by atoms with Crippen molar-refractivity contribution < 1.29 is 0 Å². The third-order valence-corrected chi connectivity index (χ3v) is 5.91. The summed E-state index contributed by atoms with van der Waals surface area (Å²) >= 11 is 9.48. The average Bonchev–Trinajstić information content (AvgIpc) is 3.09. The Hall–Kier alpha value is -1.11. The summed E-state index contributed by atoms with van der Waals surface area (Å²) in [6, 6.07) is 8.04.